The third-order valence-electron chi connectivity index (χ3n) is 4.08. The van der Waals surface area contributed by atoms with Gasteiger partial charge in [0.15, 0.2) is 0 Å². The molecule has 0 bridgehead atoms. The molecule has 0 aliphatic carbocycles. The summed E-state index contributed by atoms with van der Waals surface area (Å²) in [6.45, 7) is 4.52. The Labute approximate surface area is 162 Å². The second-order valence-electron chi connectivity index (χ2n) is 6.18. The van der Waals surface area contributed by atoms with Gasteiger partial charge >= 0.3 is 12.2 Å². The Balaban J connectivity index is 2.14. The molecule has 1 atom stereocenters. The first kappa shape index (κ1) is 21.5. The average Bonchev–Trinajstić information content (AvgIpc) is 2.82. The van der Waals surface area contributed by atoms with Crippen molar-refractivity contribution in [2.24, 2.45) is 0 Å². The van der Waals surface area contributed by atoms with Crippen molar-refractivity contribution < 1.29 is 27.6 Å². The number of thioether (sulfide) groups is 1. The number of urea groups is 1. The number of amides is 4. The van der Waals surface area contributed by atoms with E-state index in [0.717, 1.165) is 6.07 Å². The quantitative estimate of drug-likeness (QED) is 0.562. The lowest BCUT2D eigenvalue weighted by Gasteiger charge is -2.19. The molecule has 1 aromatic heterocycles. The Kier molecular flexibility index (Phi) is 5.88. The van der Waals surface area contributed by atoms with E-state index in [4.69, 9.17) is 5.26 Å². The van der Waals surface area contributed by atoms with Crippen LogP contribution >= 0.6 is 11.8 Å². The standard InChI is InChI=1S/C16H16F3N5O3S/c1-4-15(3)13(26)24(14(27)22-15)23-11(25)7-28-12-9(6-20)10(16(17,18)19)5-8(2)21-12/h5H,4,7H2,1-3H3,(H,22,27)(H,23,25)/t15-/m0/s1. The van der Waals surface area contributed by atoms with Crippen molar-refractivity contribution in [3.63, 3.8) is 0 Å². The highest BCUT2D eigenvalue weighted by Gasteiger charge is 2.47. The van der Waals surface area contributed by atoms with Crippen LogP contribution in [-0.2, 0) is 15.8 Å². The first-order valence-corrected chi connectivity index (χ1v) is 8.99. The number of hydrogen-bond acceptors (Lipinski definition) is 6. The van der Waals surface area contributed by atoms with E-state index in [2.05, 4.69) is 15.7 Å². The van der Waals surface area contributed by atoms with Gasteiger partial charge in [-0.3, -0.25) is 15.0 Å². The second-order valence-corrected chi connectivity index (χ2v) is 7.14. The zero-order valence-electron chi connectivity index (χ0n) is 15.1. The zero-order chi connectivity index (χ0) is 21.3. The van der Waals surface area contributed by atoms with Gasteiger partial charge in [-0.05, 0) is 26.3 Å². The summed E-state index contributed by atoms with van der Waals surface area (Å²) < 4.78 is 39.3. The van der Waals surface area contributed by atoms with Crippen LogP contribution in [0.4, 0.5) is 18.0 Å². The number of nitriles is 1. The Morgan fingerprint density at radius 1 is 1.46 bits per heavy atom. The topological polar surface area (TPSA) is 115 Å². The average molecular weight is 415 g/mol. The molecule has 1 saturated heterocycles. The summed E-state index contributed by atoms with van der Waals surface area (Å²) in [5.41, 5.74) is -0.835. The lowest BCUT2D eigenvalue weighted by molar-refractivity contribution is -0.138. The minimum Gasteiger partial charge on any atom is -0.322 e. The Morgan fingerprint density at radius 2 is 2.11 bits per heavy atom. The maximum atomic E-state index is 13.1. The lowest BCUT2D eigenvalue weighted by atomic mass is 10.00. The number of aromatic nitrogens is 1. The fraction of sp³-hybridized carbons (Fsp3) is 0.438. The molecule has 4 amide bonds. The summed E-state index contributed by atoms with van der Waals surface area (Å²) in [6.07, 6.45) is -4.45. The van der Waals surface area contributed by atoms with Crippen LogP contribution in [0.15, 0.2) is 11.1 Å². The Bertz CT molecular complexity index is 884. The summed E-state index contributed by atoms with van der Waals surface area (Å²) in [6, 6.07) is 1.41. The second kappa shape index (κ2) is 7.67. The van der Waals surface area contributed by atoms with Crippen LogP contribution in [0.5, 0.6) is 0 Å². The predicted octanol–water partition coefficient (Wildman–Crippen LogP) is 2.12. The van der Waals surface area contributed by atoms with Gasteiger partial charge in [0.05, 0.1) is 16.9 Å². The highest BCUT2D eigenvalue weighted by molar-refractivity contribution is 8.00. The molecule has 1 fully saturated rings. The minimum atomic E-state index is -4.75. The molecule has 28 heavy (non-hydrogen) atoms. The summed E-state index contributed by atoms with van der Waals surface area (Å²) in [7, 11) is 0. The SMILES string of the molecule is CC[C@]1(C)NC(=O)N(NC(=O)CSc2nc(C)cc(C(F)(F)F)c2C#N)C1=O. The lowest BCUT2D eigenvalue weighted by Crippen LogP contribution is -2.49. The first-order chi connectivity index (χ1) is 12.9. The van der Waals surface area contributed by atoms with E-state index in [9.17, 15) is 27.6 Å². The zero-order valence-corrected chi connectivity index (χ0v) is 15.9. The number of carbonyl (C=O) groups is 3. The molecule has 1 aliphatic heterocycles. The van der Waals surface area contributed by atoms with Gasteiger partial charge in [0, 0.05) is 5.69 Å². The number of carbonyl (C=O) groups excluding carboxylic acids is 3. The Morgan fingerprint density at radius 3 is 2.61 bits per heavy atom. The van der Waals surface area contributed by atoms with Gasteiger partial charge < -0.3 is 5.32 Å². The normalized spacial score (nSPS) is 19.4. The molecule has 2 rings (SSSR count). The highest BCUT2D eigenvalue weighted by Crippen LogP contribution is 2.35. The number of alkyl halides is 3. The number of aryl methyl sites for hydroxylation is 1. The number of nitrogens with zero attached hydrogens (tertiary/aromatic N) is 3. The Hall–Kier alpha value is -2.81. The van der Waals surface area contributed by atoms with Crippen LogP contribution in [0.2, 0.25) is 0 Å². The van der Waals surface area contributed by atoms with E-state index in [1.54, 1.807) is 6.92 Å². The van der Waals surface area contributed by atoms with E-state index in [1.807, 2.05) is 0 Å². The van der Waals surface area contributed by atoms with Crippen LogP contribution in [0.1, 0.15) is 37.1 Å². The monoisotopic (exact) mass is 415 g/mol. The smallest absolute Gasteiger partial charge is 0.322 e. The summed E-state index contributed by atoms with van der Waals surface area (Å²) >= 11 is 0.600. The van der Waals surface area contributed by atoms with Gasteiger partial charge in [-0.15, -0.1) is 0 Å². The largest absolute Gasteiger partial charge is 0.417 e. The van der Waals surface area contributed by atoms with Crippen LogP contribution < -0.4 is 10.7 Å². The molecule has 150 valence electrons. The van der Waals surface area contributed by atoms with Crippen LogP contribution in [0, 0.1) is 18.3 Å². The first-order valence-electron chi connectivity index (χ1n) is 8.01. The third-order valence-corrected chi connectivity index (χ3v) is 5.05. The molecule has 0 radical (unpaired) electrons. The molecule has 0 unspecified atom stereocenters. The van der Waals surface area contributed by atoms with Gasteiger partial charge in [0.25, 0.3) is 5.91 Å². The number of hydrazine groups is 1. The number of imide groups is 1. The van der Waals surface area contributed by atoms with Crippen molar-refractivity contribution in [1.82, 2.24) is 20.7 Å². The van der Waals surface area contributed by atoms with E-state index in [0.29, 0.717) is 23.2 Å². The van der Waals surface area contributed by atoms with Crippen molar-refractivity contribution in [2.75, 3.05) is 5.75 Å². The summed E-state index contributed by atoms with van der Waals surface area (Å²) in [5.74, 6) is -1.92. The minimum absolute atomic E-state index is 0.0297. The molecule has 1 aliphatic rings. The van der Waals surface area contributed by atoms with Gasteiger partial charge in [0.2, 0.25) is 5.91 Å². The van der Waals surface area contributed by atoms with Crippen molar-refractivity contribution in [3.8, 4) is 6.07 Å². The van der Waals surface area contributed by atoms with E-state index in [1.165, 1.54) is 19.9 Å². The number of halogens is 3. The number of hydrogen-bond donors (Lipinski definition) is 2. The molecule has 0 spiro atoms. The van der Waals surface area contributed by atoms with Gasteiger partial charge in [-0.25, -0.2) is 9.78 Å². The van der Waals surface area contributed by atoms with Crippen molar-refractivity contribution in [3.05, 3.63) is 22.9 Å². The molecular formula is C16H16F3N5O3S. The molecule has 1 aromatic rings. The number of nitrogens with one attached hydrogen (secondary N) is 2. The molecule has 8 nitrogen and oxygen atoms in total. The van der Waals surface area contributed by atoms with Crippen LogP contribution in [0.25, 0.3) is 0 Å². The van der Waals surface area contributed by atoms with Crippen LogP contribution in [0.3, 0.4) is 0 Å². The van der Waals surface area contributed by atoms with Gasteiger partial charge in [-0.2, -0.15) is 23.4 Å². The third kappa shape index (κ3) is 4.19. The fourth-order valence-electron chi connectivity index (χ4n) is 2.40. The highest BCUT2D eigenvalue weighted by atomic mass is 32.2. The van der Waals surface area contributed by atoms with Crippen molar-refractivity contribution >= 4 is 29.6 Å². The maximum Gasteiger partial charge on any atom is 0.417 e. The van der Waals surface area contributed by atoms with E-state index >= 15 is 0 Å². The van der Waals surface area contributed by atoms with E-state index < -0.39 is 46.4 Å². The fourth-order valence-corrected chi connectivity index (χ4v) is 3.24. The molecule has 0 saturated carbocycles. The maximum absolute atomic E-state index is 13.1. The van der Waals surface area contributed by atoms with Crippen molar-refractivity contribution in [2.45, 2.75) is 43.9 Å². The molecule has 2 heterocycles. The van der Waals surface area contributed by atoms with Gasteiger partial charge in [0.1, 0.15) is 16.6 Å². The van der Waals surface area contributed by atoms with Crippen molar-refractivity contribution in [1.29, 1.82) is 5.26 Å². The molecular weight excluding hydrogens is 399 g/mol. The molecule has 2 N–H and O–H groups in total. The van der Waals surface area contributed by atoms with Crippen LogP contribution in [-0.4, -0.2) is 39.1 Å². The summed E-state index contributed by atoms with van der Waals surface area (Å²) in [5, 5.41) is 11.8. The predicted molar refractivity (Wildman–Crippen MR) is 91.6 cm³/mol. The molecule has 12 heteroatoms. The molecule has 0 aromatic carbocycles. The van der Waals surface area contributed by atoms with Gasteiger partial charge in [-0.1, -0.05) is 18.7 Å². The summed E-state index contributed by atoms with van der Waals surface area (Å²) in [4.78, 5) is 40.1. The number of pyridine rings is 1. The number of rotatable bonds is 5. The van der Waals surface area contributed by atoms with E-state index in [-0.39, 0.29) is 10.7 Å².